The van der Waals surface area contributed by atoms with E-state index in [0.717, 1.165) is 31.6 Å². The molecular formula is C20H21ClN2. The highest BCUT2D eigenvalue weighted by Gasteiger charge is 2.20. The number of pyridine rings is 1. The molecule has 0 saturated heterocycles. The van der Waals surface area contributed by atoms with Crippen LogP contribution in [0.5, 0.6) is 0 Å². The van der Waals surface area contributed by atoms with Gasteiger partial charge in [0.15, 0.2) is 0 Å². The van der Waals surface area contributed by atoms with E-state index in [9.17, 15) is 0 Å². The van der Waals surface area contributed by atoms with E-state index in [4.69, 9.17) is 4.98 Å². The van der Waals surface area contributed by atoms with Crippen LogP contribution in [0.15, 0.2) is 54.6 Å². The quantitative estimate of drug-likeness (QED) is 0.689. The maximum absolute atomic E-state index is 4.89. The lowest BCUT2D eigenvalue weighted by atomic mass is 9.96. The summed E-state index contributed by atoms with van der Waals surface area (Å²) in [4.78, 5) is 7.42. The summed E-state index contributed by atoms with van der Waals surface area (Å²) < 4.78 is 0. The maximum atomic E-state index is 4.89. The molecule has 0 aliphatic carbocycles. The molecule has 0 amide bonds. The van der Waals surface area contributed by atoms with Crippen molar-refractivity contribution in [1.29, 1.82) is 0 Å². The molecule has 3 aromatic rings. The van der Waals surface area contributed by atoms with Crippen LogP contribution in [0.3, 0.4) is 0 Å². The largest absolute Gasteiger partial charge is 0.294 e. The molecule has 2 heterocycles. The molecule has 1 aliphatic rings. The van der Waals surface area contributed by atoms with Gasteiger partial charge in [-0.3, -0.25) is 9.88 Å². The fourth-order valence-corrected chi connectivity index (χ4v) is 3.44. The highest BCUT2D eigenvalue weighted by atomic mass is 35.5. The molecule has 0 N–H and O–H groups in total. The molecule has 2 aromatic carbocycles. The monoisotopic (exact) mass is 324 g/mol. The number of aryl methyl sites for hydroxylation is 1. The molecular weight excluding hydrogens is 304 g/mol. The molecule has 1 aliphatic heterocycles. The number of halogens is 1. The Morgan fingerprint density at radius 1 is 1.00 bits per heavy atom. The van der Waals surface area contributed by atoms with Gasteiger partial charge in [0.25, 0.3) is 0 Å². The second-order valence-corrected chi connectivity index (χ2v) is 6.13. The zero-order chi connectivity index (χ0) is 14.9. The fraction of sp³-hybridized carbons (Fsp3) is 0.250. The van der Waals surface area contributed by atoms with E-state index >= 15 is 0 Å². The first kappa shape index (κ1) is 16.0. The molecule has 0 bridgehead atoms. The van der Waals surface area contributed by atoms with Crippen LogP contribution in [-0.4, -0.2) is 16.4 Å². The van der Waals surface area contributed by atoms with Crippen molar-refractivity contribution in [2.45, 2.75) is 26.4 Å². The maximum Gasteiger partial charge on any atom is 0.0708 e. The molecule has 3 heteroatoms. The average molecular weight is 325 g/mol. The number of nitrogens with zero attached hydrogens (tertiary/aromatic N) is 2. The minimum atomic E-state index is 0. The number of hydrogen-bond acceptors (Lipinski definition) is 2. The molecule has 0 radical (unpaired) electrons. The van der Waals surface area contributed by atoms with E-state index < -0.39 is 0 Å². The van der Waals surface area contributed by atoms with Gasteiger partial charge in [-0.05, 0) is 29.7 Å². The number of benzene rings is 2. The molecule has 118 valence electrons. The first-order valence-corrected chi connectivity index (χ1v) is 7.94. The summed E-state index contributed by atoms with van der Waals surface area (Å²) in [6.45, 7) is 5.36. The molecule has 23 heavy (non-hydrogen) atoms. The minimum absolute atomic E-state index is 0. The smallest absolute Gasteiger partial charge is 0.0708 e. The molecule has 0 spiro atoms. The van der Waals surface area contributed by atoms with Crippen LogP contribution in [0, 0.1) is 6.92 Å². The van der Waals surface area contributed by atoms with Crippen molar-refractivity contribution < 1.29 is 0 Å². The second kappa shape index (κ2) is 6.69. The molecule has 0 atom stereocenters. The number of rotatable bonds is 2. The first-order valence-electron chi connectivity index (χ1n) is 7.94. The van der Waals surface area contributed by atoms with Gasteiger partial charge in [-0.2, -0.15) is 0 Å². The number of para-hydroxylation sites is 1. The van der Waals surface area contributed by atoms with Crippen LogP contribution in [0.25, 0.3) is 10.9 Å². The fourth-order valence-electron chi connectivity index (χ4n) is 3.44. The van der Waals surface area contributed by atoms with Crippen molar-refractivity contribution in [3.63, 3.8) is 0 Å². The third kappa shape index (κ3) is 3.10. The molecule has 1 aromatic heterocycles. The minimum Gasteiger partial charge on any atom is -0.294 e. The Balaban J connectivity index is 0.00000156. The van der Waals surface area contributed by atoms with Gasteiger partial charge >= 0.3 is 0 Å². The van der Waals surface area contributed by atoms with E-state index in [0.29, 0.717) is 0 Å². The van der Waals surface area contributed by atoms with Crippen LogP contribution >= 0.6 is 12.4 Å². The third-order valence-electron chi connectivity index (χ3n) is 4.66. The summed E-state index contributed by atoms with van der Waals surface area (Å²) in [5.74, 6) is 0. The van der Waals surface area contributed by atoms with Crippen molar-refractivity contribution in [2.24, 2.45) is 0 Å². The van der Waals surface area contributed by atoms with Crippen molar-refractivity contribution in [3.05, 3.63) is 77.0 Å². The summed E-state index contributed by atoms with van der Waals surface area (Å²) in [5.41, 5.74) is 6.65. The standard InChI is InChI=1S/C20H20N2.ClH/c1-15-17-9-5-6-10-19(17)21-20-11-12-22(14-18(15)20)13-16-7-3-2-4-8-16;/h2-10H,11-14H2,1H3;1H. The summed E-state index contributed by atoms with van der Waals surface area (Å²) in [5, 5.41) is 1.29. The van der Waals surface area contributed by atoms with E-state index in [1.54, 1.807) is 0 Å². The summed E-state index contributed by atoms with van der Waals surface area (Å²) >= 11 is 0. The average Bonchev–Trinajstić information content (AvgIpc) is 2.57. The van der Waals surface area contributed by atoms with Gasteiger partial charge in [0.2, 0.25) is 0 Å². The Morgan fingerprint density at radius 3 is 2.57 bits per heavy atom. The van der Waals surface area contributed by atoms with Crippen LogP contribution in [0.1, 0.15) is 22.4 Å². The highest BCUT2D eigenvalue weighted by molar-refractivity contribution is 5.85. The van der Waals surface area contributed by atoms with Crippen molar-refractivity contribution in [1.82, 2.24) is 9.88 Å². The number of fused-ring (bicyclic) bond motifs is 2. The zero-order valence-corrected chi connectivity index (χ0v) is 14.1. The predicted molar refractivity (Wildman–Crippen MR) is 98.0 cm³/mol. The van der Waals surface area contributed by atoms with E-state index in [-0.39, 0.29) is 12.4 Å². The SMILES string of the molecule is Cc1c2c(nc3ccccc13)CCN(Cc1ccccc1)C2.Cl. The van der Waals surface area contributed by atoms with Gasteiger partial charge in [-0.1, -0.05) is 48.5 Å². The Bertz CT molecular complexity index is 814. The predicted octanol–water partition coefficient (Wildman–Crippen LogP) is 4.52. The Kier molecular flexibility index (Phi) is 4.65. The van der Waals surface area contributed by atoms with Gasteiger partial charge < -0.3 is 0 Å². The van der Waals surface area contributed by atoms with Gasteiger partial charge in [-0.25, -0.2) is 0 Å². The van der Waals surface area contributed by atoms with E-state index in [2.05, 4.69) is 66.4 Å². The van der Waals surface area contributed by atoms with Crippen molar-refractivity contribution >= 4 is 23.3 Å². The lowest BCUT2D eigenvalue weighted by molar-refractivity contribution is 0.243. The Morgan fingerprint density at radius 2 is 1.74 bits per heavy atom. The summed E-state index contributed by atoms with van der Waals surface area (Å²) in [7, 11) is 0. The van der Waals surface area contributed by atoms with Crippen molar-refractivity contribution in [2.75, 3.05) is 6.54 Å². The van der Waals surface area contributed by atoms with Gasteiger partial charge in [0.05, 0.1) is 5.52 Å². The van der Waals surface area contributed by atoms with Crippen LogP contribution in [0.4, 0.5) is 0 Å². The molecule has 0 unspecified atom stereocenters. The van der Waals surface area contributed by atoms with Gasteiger partial charge in [0.1, 0.15) is 0 Å². The molecule has 4 rings (SSSR count). The van der Waals surface area contributed by atoms with Gasteiger partial charge in [0, 0.05) is 37.1 Å². The lowest BCUT2D eigenvalue weighted by Crippen LogP contribution is -2.31. The van der Waals surface area contributed by atoms with Crippen LogP contribution < -0.4 is 0 Å². The second-order valence-electron chi connectivity index (χ2n) is 6.13. The first-order chi connectivity index (χ1) is 10.8. The third-order valence-corrected chi connectivity index (χ3v) is 4.66. The molecule has 2 nitrogen and oxygen atoms in total. The number of aromatic nitrogens is 1. The van der Waals surface area contributed by atoms with Crippen LogP contribution in [-0.2, 0) is 19.5 Å². The normalized spacial score (nSPS) is 14.3. The van der Waals surface area contributed by atoms with Crippen molar-refractivity contribution in [3.8, 4) is 0 Å². The Labute approximate surface area is 143 Å². The summed E-state index contributed by atoms with van der Waals surface area (Å²) in [6, 6.07) is 19.2. The van der Waals surface area contributed by atoms with E-state index in [1.807, 2.05) is 0 Å². The van der Waals surface area contributed by atoms with Gasteiger partial charge in [-0.15, -0.1) is 12.4 Å². The topological polar surface area (TPSA) is 16.1 Å². The van der Waals surface area contributed by atoms with E-state index in [1.165, 1.54) is 27.8 Å². The molecule has 0 fully saturated rings. The zero-order valence-electron chi connectivity index (χ0n) is 13.3. The Hall–Kier alpha value is -1.90. The highest BCUT2D eigenvalue weighted by Crippen LogP contribution is 2.27. The summed E-state index contributed by atoms with van der Waals surface area (Å²) in [6.07, 6.45) is 1.05. The lowest BCUT2D eigenvalue weighted by Gasteiger charge is -2.29. The molecule has 0 saturated carbocycles. The number of hydrogen-bond donors (Lipinski definition) is 0. The van der Waals surface area contributed by atoms with Crippen LogP contribution in [0.2, 0.25) is 0 Å².